The molecule has 0 aliphatic carbocycles. The highest BCUT2D eigenvalue weighted by Crippen LogP contribution is 2.33. The van der Waals surface area contributed by atoms with Crippen LogP contribution in [0, 0.1) is 13.8 Å². The standard InChI is InChI=1S/C10H13N5O4.C10H12N4O4.C10H15N3O4.C10H14N2O5.C9H13N3O4.H2/c11-10-13-8-7(9(18)14-10)12-3-15(8)6-1-4(17)5(2-16)19-6;15-2-6-5(16)1-7(18-6)14-4-13-8-9(14)11-3-12-10(8)17;1-5-3-13(10(16)12-9(5)11)8-2-6(15)7(4-14)17-8;1-5-3-12(10(16)11-9(5)15)8-2-6(14)7(4-13)17-8;10-7-1-2-12(9(15)11-7)8-3-5(14)6(4-13)16-8;/h3-6,16-17H,1-2H2,(H3,11,13,14,18);3-7,15-16H,1-2H2,(H,11,12,17);3,6-8,14-15H,2,4H2,1H3,(H2,11,12,16);3,6-8,13-14H,2,4H2,1H3,(H,11,15,16);1-2,5-6,8,13-14H,3-4H2,(H2,10,11,15);1H/t4?,5-,6-;5?,6-,7-;2*6?,7-,8-;5?,6-,8-;/m11111./s1/i;;;;;1+2. The summed E-state index contributed by atoms with van der Waals surface area (Å²) in [5.41, 5.74) is 15.6. The van der Waals surface area contributed by atoms with E-state index >= 15 is 0 Å². The quantitative estimate of drug-likeness (QED) is 0.0605. The zero-order valence-electron chi connectivity index (χ0n) is 46.4. The van der Waals surface area contributed by atoms with Gasteiger partial charge >= 0.3 is 17.1 Å². The van der Waals surface area contributed by atoms with E-state index in [0.717, 1.165) is 0 Å². The molecule has 5 aliphatic rings. The highest BCUT2D eigenvalue weighted by atomic mass is 16.6. The number of nitrogens with zero attached hydrogens (tertiary/aromatic N) is 11. The van der Waals surface area contributed by atoms with Crippen LogP contribution in [0.5, 0.6) is 0 Å². The van der Waals surface area contributed by atoms with E-state index in [1.807, 2.05) is 0 Å². The predicted molar refractivity (Wildman–Crippen MR) is 298 cm³/mol. The lowest BCUT2D eigenvalue weighted by Gasteiger charge is -2.15. The van der Waals surface area contributed by atoms with Crippen LogP contribution in [0.4, 0.5) is 17.6 Å². The minimum absolute atomic E-state index is 0. The van der Waals surface area contributed by atoms with Crippen molar-refractivity contribution in [3.63, 3.8) is 0 Å². The number of nitrogens with one attached hydrogen (secondary N) is 3. The van der Waals surface area contributed by atoms with Crippen molar-refractivity contribution in [3.05, 3.63) is 117 Å². The van der Waals surface area contributed by atoms with Gasteiger partial charge in [0.15, 0.2) is 22.3 Å². The number of aliphatic hydroxyl groups is 10. The molecule has 0 bridgehead atoms. The van der Waals surface area contributed by atoms with Gasteiger partial charge in [0.05, 0.1) is 82.5 Å². The van der Waals surface area contributed by atoms with Crippen molar-refractivity contribution in [2.75, 3.05) is 50.2 Å². The smallest absolute Gasteiger partial charge is 0.351 e. The van der Waals surface area contributed by atoms with Crippen molar-refractivity contribution >= 4 is 39.9 Å². The number of aliphatic hydroxyl groups excluding tert-OH is 10. The number of rotatable bonds is 10. The molecule has 7 aromatic heterocycles. The SMILES string of the molecule is Cc1cn([C@H]2CC(O)[C@@H](CO)O2)c(=O)[nH]c1=O.Cc1cn([C@H]2CC(O)[C@@H](CO)O2)c(=O)nc1N.Nc1ccn([C@H]2CC(O)[C@@H](CO)O2)c(=O)n1.Nc1nc2c(ncn2[C@H]2CC(O)[C@@H](CO)O2)c(=O)[nH]1.O=c1[nH]cnc2c1ncn2[C@H]1CC(O)[C@@H](CO)O1.[3HH]. The molecule has 0 spiro atoms. The summed E-state index contributed by atoms with van der Waals surface area (Å²) in [6.45, 7) is 1.90. The molecule has 19 N–H and O–H groups in total. The van der Waals surface area contributed by atoms with Crippen LogP contribution in [0.3, 0.4) is 0 Å². The number of H-pyrrole nitrogens is 3. The van der Waals surface area contributed by atoms with Gasteiger partial charge in [-0.2, -0.15) is 15.0 Å². The topological polar surface area (TPSA) is 578 Å². The lowest BCUT2D eigenvalue weighted by atomic mass is 10.2. The number of hydrogen-bond acceptors (Lipinski definition) is 30. The molecule has 7 aromatic rings. The van der Waals surface area contributed by atoms with Gasteiger partial charge in [-0.3, -0.25) is 47.2 Å². The number of fused-ring (bicyclic) bond motifs is 2. The van der Waals surface area contributed by atoms with Crippen molar-refractivity contribution in [1.29, 1.82) is 0 Å². The molecular formula is C49H69N17O21. The number of aromatic nitrogens is 14. The van der Waals surface area contributed by atoms with Crippen molar-refractivity contribution in [2.45, 2.75) is 138 Å². The van der Waals surface area contributed by atoms with Gasteiger partial charge in [0.2, 0.25) is 5.95 Å². The van der Waals surface area contributed by atoms with Crippen molar-refractivity contribution < 1.29 is 76.2 Å². The summed E-state index contributed by atoms with van der Waals surface area (Å²) in [6.07, 6.45) is -0.215. The average Bonchev–Trinajstić information content (AvgIpc) is 2.06. The maximum absolute atomic E-state index is 11.6. The molecule has 12 heterocycles. The molecule has 0 radical (unpaired) electrons. The van der Waals surface area contributed by atoms with E-state index in [-0.39, 0.29) is 100.0 Å². The first-order chi connectivity index (χ1) is 41.5. The molecule has 12 rings (SSSR count). The minimum atomic E-state index is -0.816. The predicted octanol–water partition coefficient (Wildman–Crippen LogP) is -6.92. The van der Waals surface area contributed by atoms with E-state index < -0.39 is 120 Å². The highest BCUT2D eigenvalue weighted by molar-refractivity contribution is 5.70. The third-order valence-electron chi connectivity index (χ3n) is 14.5. The van der Waals surface area contributed by atoms with E-state index in [2.05, 4.69) is 44.9 Å². The number of nitrogen functional groups attached to an aromatic ring is 3. The van der Waals surface area contributed by atoms with Gasteiger partial charge < -0.3 is 96.9 Å². The maximum Gasteiger partial charge on any atom is 0.351 e. The average molecular weight is 1230 g/mol. The van der Waals surface area contributed by atoms with Gasteiger partial charge in [0.25, 0.3) is 16.7 Å². The number of anilines is 3. The Morgan fingerprint density at radius 2 is 0.920 bits per heavy atom. The molecular weight excluding hydrogens is 1160 g/mol. The molecule has 15 atom stereocenters. The Balaban J connectivity index is 0.000000157. The van der Waals surface area contributed by atoms with E-state index in [4.69, 9.17) is 66.4 Å². The molecule has 476 valence electrons. The molecule has 5 saturated heterocycles. The van der Waals surface area contributed by atoms with Gasteiger partial charge in [-0.1, -0.05) is 0 Å². The molecule has 5 fully saturated rings. The van der Waals surface area contributed by atoms with Gasteiger partial charge in [0.1, 0.15) is 73.3 Å². The summed E-state index contributed by atoms with van der Waals surface area (Å²) >= 11 is 0. The van der Waals surface area contributed by atoms with Gasteiger partial charge in [-0.15, -0.1) is 0 Å². The van der Waals surface area contributed by atoms with Crippen LogP contribution in [0.1, 0.15) is 75.8 Å². The van der Waals surface area contributed by atoms with E-state index in [1.165, 1.54) is 55.7 Å². The number of ether oxygens (including phenoxy) is 5. The Bertz CT molecular complexity index is 3850. The summed E-state index contributed by atoms with van der Waals surface area (Å²) < 4.78 is 33.8. The summed E-state index contributed by atoms with van der Waals surface area (Å²) in [5.74, 6) is 0.304. The Morgan fingerprint density at radius 3 is 1.38 bits per heavy atom. The second kappa shape index (κ2) is 28.2. The number of aromatic amines is 3. The van der Waals surface area contributed by atoms with E-state index in [0.29, 0.717) is 23.2 Å². The summed E-state index contributed by atoms with van der Waals surface area (Å²) in [4.78, 5) is 99.1. The van der Waals surface area contributed by atoms with Crippen LogP contribution in [-0.2, 0) is 23.7 Å². The third-order valence-corrected chi connectivity index (χ3v) is 14.5. The Hall–Kier alpha value is -8.06. The molecule has 5 unspecified atom stereocenters. The Labute approximate surface area is 488 Å². The van der Waals surface area contributed by atoms with E-state index in [1.54, 1.807) is 24.6 Å². The molecule has 38 heteroatoms. The van der Waals surface area contributed by atoms with Crippen molar-refractivity contribution in [3.8, 4) is 0 Å². The Kier molecular flexibility index (Phi) is 21.0. The van der Waals surface area contributed by atoms with Crippen LogP contribution >= 0.6 is 0 Å². The first-order valence-corrected chi connectivity index (χ1v) is 26.8. The first-order valence-electron chi connectivity index (χ1n) is 26.8. The van der Waals surface area contributed by atoms with Gasteiger partial charge in [-0.05, 0) is 19.9 Å². The van der Waals surface area contributed by atoms with Gasteiger partial charge in [0, 0.05) is 63.2 Å². The van der Waals surface area contributed by atoms with Crippen LogP contribution < -0.4 is 50.9 Å². The third kappa shape index (κ3) is 14.7. The fourth-order valence-corrected chi connectivity index (χ4v) is 9.71. The molecule has 0 saturated carbocycles. The monoisotopic (exact) mass is 1230 g/mol. The zero-order chi connectivity index (χ0) is 63.1. The number of aryl methyl sites for hydroxylation is 2. The number of hydrogen-bond donors (Lipinski definition) is 16. The molecule has 0 aromatic carbocycles. The highest BCUT2D eigenvalue weighted by Gasteiger charge is 2.39. The van der Waals surface area contributed by atoms with Crippen LogP contribution in [-0.4, -0.2) is 213 Å². The largest absolute Gasteiger partial charge is 0.394 e. The summed E-state index contributed by atoms with van der Waals surface area (Å²) in [5, 5.41) is 92.9. The molecule has 87 heavy (non-hydrogen) atoms. The lowest BCUT2D eigenvalue weighted by molar-refractivity contribution is -0.0459. The van der Waals surface area contributed by atoms with Crippen molar-refractivity contribution in [2.24, 2.45) is 0 Å². The number of imidazole rings is 2. The number of nitrogens with two attached hydrogens (primary N) is 3. The van der Waals surface area contributed by atoms with E-state index in [9.17, 15) is 54.3 Å². The minimum Gasteiger partial charge on any atom is -0.394 e. The first kappa shape index (κ1) is 64.9. The summed E-state index contributed by atoms with van der Waals surface area (Å²) in [7, 11) is 0. The normalized spacial score (nSPS) is 28.3. The Morgan fingerprint density at radius 1 is 0.506 bits per heavy atom. The second-order valence-corrected chi connectivity index (χ2v) is 20.4. The lowest BCUT2D eigenvalue weighted by Crippen LogP contribution is -2.33. The second-order valence-electron chi connectivity index (χ2n) is 20.4. The molecule has 0 amide bonds. The zero-order valence-corrected chi connectivity index (χ0v) is 46.4. The molecule has 38 nitrogen and oxygen atoms in total. The van der Waals surface area contributed by atoms with Crippen LogP contribution in [0.2, 0.25) is 0 Å². The van der Waals surface area contributed by atoms with Crippen molar-refractivity contribution in [1.82, 2.24) is 67.7 Å². The molecule has 5 aliphatic heterocycles. The maximum atomic E-state index is 11.6. The van der Waals surface area contributed by atoms with Crippen LogP contribution in [0.15, 0.2) is 72.4 Å². The fraction of sp³-hybridized carbons (Fsp3) is 0.551. The van der Waals surface area contributed by atoms with Gasteiger partial charge in [-0.25, -0.2) is 29.3 Å². The van der Waals surface area contributed by atoms with Crippen LogP contribution in [0.25, 0.3) is 22.3 Å². The summed E-state index contributed by atoms with van der Waals surface area (Å²) in [6, 6.07) is 1.48. The fourth-order valence-electron chi connectivity index (χ4n) is 9.71.